The van der Waals surface area contributed by atoms with Gasteiger partial charge in [0.25, 0.3) is 5.56 Å². The van der Waals surface area contributed by atoms with E-state index in [4.69, 9.17) is 0 Å². The molecular formula is C27H24N2O2S. The van der Waals surface area contributed by atoms with Crippen molar-refractivity contribution in [2.24, 2.45) is 0 Å². The molecular weight excluding hydrogens is 416 g/mol. The summed E-state index contributed by atoms with van der Waals surface area (Å²) in [6, 6.07) is 32.9. The van der Waals surface area contributed by atoms with Crippen LogP contribution in [0.5, 0.6) is 0 Å². The molecule has 0 aliphatic rings. The second kappa shape index (κ2) is 10.6. The number of nitrogens with zero attached hydrogens (tertiary/aromatic N) is 1. The number of aromatic nitrogens is 1. The second-order valence-corrected chi connectivity index (χ2v) is 8.60. The van der Waals surface area contributed by atoms with Crippen LogP contribution in [0.15, 0.2) is 119 Å². The minimum Gasteiger partial charge on any atom is -0.351 e. The Hall–Kier alpha value is -3.57. The number of amides is 1. The molecule has 1 aromatic heterocycles. The van der Waals surface area contributed by atoms with Gasteiger partial charge in [0, 0.05) is 23.7 Å². The summed E-state index contributed by atoms with van der Waals surface area (Å²) in [6.45, 7) is 0.971. The van der Waals surface area contributed by atoms with Gasteiger partial charge < -0.3 is 9.88 Å². The Bertz CT molecular complexity index is 1210. The van der Waals surface area contributed by atoms with E-state index >= 15 is 0 Å². The van der Waals surface area contributed by atoms with E-state index in [-0.39, 0.29) is 16.7 Å². The molecule has 0 radical (unpaired) electrons. The number of carbonyl (C=O) groups excluding carboxylic acids is 1. The van der Waals surface area contributed by atoms with E-state index in [2.05, 4.69) is 5.32 Å². The zero-order chi connectivity index (χ0) is 22.2. The number of pyridine rings is 1. The van der Waals surface area contributed by atoms with Gasteiger partial charge in [-0.05, 0) is 34.9 Å². The summed E-state index contributed by atoms with van der Waals surface area (Å²) in [6.07, 6.45) is 1.78. The number of benzene rings is 3. The fraction of sp³-hybridized carbons (Fsp3) is 0.111. The molecule has 5 heteroatoms. The number of nitrogens with one attached hydrogen (secondary N) is 1. The van der Waals surface area contributed by atoms with Gasteiger partial charge in [-0.1, -0.05) is 78.9 Å². The Morgan fingerprint density at radius 1 is 0.781 bits per heavy atom. The molecule has 4 nitrogen and oxygen atoms in total. The molecule has 0 saturated heterocycles. The SMILES string of the molecule is O=C(NCc1ccc(Cn2ccccc2=O)cc1)C(Sc1ccccc1)c1ccccc1. The standard InChI is InChI=1S/C27H24N2O2S/c30-25-13-7-8-18-29(25)20-22-16-14-21(15-17-22)19-28-27(31)26(23-9-3-1-4-10-23)32-24-11-5-2-6-12-24/h1-18,26H,19-20H2,(H,28,31). The first kappa shape index (κ1) is 21.7. The van der Waals surface area contributed by atoms with Gasteiger partial charge >= 0.3 is 0 Å². The monoisotopic (exact) mass is 440 g/mol. The molecule has 1 heterocycles. The zero-order valence-electron chi connectivity index (χ0n) is 17.6. The molecule has 0 saturated carbocycles. The van der Waals surface area contributed by atoms with Crippen LogP contribution in [0.4, 0.5) is 0 Å². The van der Waals surface area contributed by atoms with Gasteiger partial charge in [-0.25, -0.2) is 0 Å². The normalized spacial score (nSPS) is 11.6. The molecule has 1 amide bonds. The van der Waals surface area contributed by atoms with Crippen LogP contribution in [0.2, 0.25) is 0 Å². The third-order valence-electron chi connectivity index (χ3n) is 5.08. The summed E-state index contributed by atoms with van der Waals surface area (Å²) in [4.78, 5) is 26.0. The van der Waals surface area contributed by atoms with Crippen LogP contribution in [0.3, 0.4) is 0 Å². The highest BCUT2D eigenvalue weighted by Crippen LogP contribution is 2.35. The highest BCUT2D eigenvalue weighted by atomic mass is 32.2. The highest BCUT2D eigenvalue weighted by molar-refractivity contribution is 8.00. The number of carbonyl (C=O) groups is 1. The van der Waals surface area contributed by atoms with Crippen LogP contribution in [0, 0.1) is 0 Å². The Morgan fingerprint density at radius 3 is 2.09 bits per heavy atom. The summed E-state index contributed by atoms with van der Waals surface area (Å²) in [5.74, 6) is -0.0232. The number of rotatable bonds is 8. The molecule has 0 fully saturated rings. The third kappa shape index (κ3) is 5.77. The lowest BCUT2D eigenvalue weighted by Crippen LogP contribution is -2.27. The molecule has 1 atom stereocenters. The van der Waals surface area contributed by atoms with Crippen molar-refractivity contribution in [3.8, 4) is 0 Å². The van der Waals surface area contributed by atoms with Crippen molar-refractivity contribution in [1.29, 1.82) is 0 Å². The van der Waals surface area contributed by atoms with E-state index in [9.17, 15) is 9.59 Å². The van der Waals surface area contributed by atoms with Crippen LogP contribution in [0.25, 0.3) is 0 Å². The fourth-order valence-corrected chi connectivity index (χ4v) is 4.44. The van der Waals surface area contributed by atoms with Gasteiger partial charge in [0.15, 0.2) is 0 Å². The van der Waals surface area contributed by atoms with Crippen LogP contribution in [0.1, 0.15) is 21.9 Å². The van der Waals surface area contributed by atoms with Crippen LogP contribution in [-0.4, -0.2) is 10.5 Å². The summed E-state index contributed by atoms with van der Waals surface area (Å²) in [7, 11) is 0. The Morgan fingerprint density at radius 2 is 1.41 bits per heavy atom. The van der Waals surface area contributed by atoms with E-state index in [1.807, 2.05) is 91.0 Å². The van der Waals surface area contributed by atoms with E-state index in [0.717, 1.165) is 21.6 Å². The van der Waals surface area contributed by atoms with Crippen molar-refractivity contribution < 1.29 is 4.79 Å². The minimum absolute atomic E-state index is 0.0216. The number of thioether (sulfide) groups is 1. The van der Waals surface area contributed by atoms with Crippen molar-refractivity contribution in [2.75, 3.05) is 0 Å². The molecule has 0 spiro atoms. The highest BCUT2D eigenvalue weighted by Gasteiger charge is 2.21. The summed E-state index contributed by atoms with van der Waals surface area (Å²) in [5.41, 5.74) is 3.00. The summed E-state index contributed by atoms with van der Waals surface area (Å²) >= 11 is 1.55. The quantitative estimate of drug-likeness (QED) is 0.390. The smallest absolute Gasteiger partial charge is 0.250 e. The Labute approximate surface area is 191 Å². The first-order chi connectivity index (χ1) is 15.7. The molecule has 0 aliphatic carbocycles. The first-order valence-corrected chi connectivity index (χ1v) is 11.3. The van der Waals surface area contributed by atoms with Gasteiger partial charge in [0.1, 0.15) is 5.25 Å². The van der Waals surface area contributed by atoms with Gasteiger partial charge in [0.2, 0.25) is 5.91 Å². The molecule has 0 bridgehead atoms. The maximum Gasteiger partial charge on any atom is 0.250 e. The van der Waals surface area contributed by atoms with Crippen molar-refractivity contribution in [2.45, 2.75) is 23.2 Å². The van der Waals surface area contributed by atoms with E-state index < -0.39 is 0 Å². The zero-order valence-corrected chi connectivity index (χ0v) is 18.4. The van der Waals surface area contributed by atoms with Crippen molar-refractivity contribution in [1.82, 2.24) is 9.88 Å². The lowest BCUT2D eigenvalue weighted by molar-refractivity contribution is -0.120. The van der Waals surface area contributed by atoms with Crippen LogP contribution >= 0.6 is 11.8 Å². The van der Waals surface area contributed by atoms with E-state index in [1.165, 1.54) is 0 Å². The molecule has 1 unspecified atom stereocenters. The molecule has 4 rings (SSSR count). The van der Waals surface area contributed by atoms with Gasteiger partial charge in [0.05, 0.1) is 6.54 Å². The predicted molar refractivity (Wildman–Crippen MR) is 130 cm³/mol. The molecule has 3 aromatic carbocycles. The molecule has 32 heavy (non-hydrogen) atoms. The minimum atomic E-state index is -0.331. The lowest BCUT2D eigenvalue weighted by Gasteiger charge is -2.17. The molecule has 1 N–H and O–H groups in total. The van der Waals surface area contributed by atoms with E-state index in [0.29, 0.717) is 13.1 Å². The Kier molecular flexibility index (Phi) is 7.20. The van der Waals surface area contributed by atoms with Gasteiger partial charge in [-0.15, -0.1) is 11.8 Å². The first-order valence-electron chi connectivity index (χ1n) is 10.5. The van der Waals surface area contributed by atoms with Crippen molar-refractivity contribution in [3.05, 3.63) is 136 Å². The van der Waals surface area contributed by atoms with E-state index in [1.54, 1.807) is 34.7 Å². The van der Waals surface area contributed by atoms with Crippen LogP contribution in [-0.2, 0) is 17.9 Å². The molecule has 0 aliphatic heterocycles. The maximum atomic E-state index is 13.1. The Balaban J connectivity index is 1.41. The predicted octanol–water partition coefficient (Wildman–Crippen LogP) is 5.05. The van der Waals surface area contributed by atoms with Gasteiger partial charge in [-0.2, -0.15) is 0 Å². The van der Waals surface area contributed by atoms with Crippen molar-refractivity contribution in [3.63, 3.8) is 0 Å². The lowest BCUT2D eigenvalue weighted by atomic mass is 10.1. The summed E-state index contributed by atoms with van der Waals surface area (Å²) < 4.78 is 1.67. The molecule has 160 valence electrons. The fourth-order valence-electron chi connectivity index (χ4n) is 3.37. The van der Waals surface area contributed by atoms with Gasteiger partial charge in [-0.3, -0.25) is 9.59 Å². The largest absolute Gasteiger partial charge is 0.351 e. The maximum absolute atomic E-state index is 13.1. The summed E-state index contributed by atoms with van der Waals surface area (Å²) in [5, 5.41) is 2.75. The average Bonchev–Trinajstić information content (AvgIpc) is 2.84. The van der Waals surface area contributed by atoms with Crippen LogP contribution < -0.4 is 10.9 Å². The number of hydrogen-bond donors (Lipinski definition) is 1. The average molecular weight is 441 g/mol. The molecule has 4 aromatic rings. The topological polar surface area (TPSA) is 51.1 Å². The second-order valence-electron chi connectivity index (χ2n) is 7.42. The van der Waals surface area contributed by atoms with Crippen molar-refractivity contribution >= 4 is 17.7 Å². The third-order valence-corrected chi connectivity index (χ3v) is 6.35. The number of hydrogen-bond acceptors (Lipinski definition) is 3.